The Morgan fingerprint density at radius 2 is 1.58 bits per heavy atom. The molecule has 19 heavy (non-hydrogen) atoms. The first-order valence-electron chi connectivity index (χ1n) is 7.89. The van der Waals surface area contributed by atoms with Crippen molar-refractivity contribution in [3.63, 3.8) is 0 Å². The largest absolute Gasteiger partial charge is 0.314 e. The lowest BCUT2D eigenvalue weighted by molar-refractivity contribution is 0.237. The highest BCUT2D eigenvalue weighted by Gasteiger charge is 2.08. The van der Waals surface area contributed by atoms with E-state index in [1.807, 2.05) is 0 Å². The summed E-state index contributed by atoms with van der Waals surface area (Å²) < 4.78 is 0. The van der Waals surface area contributed by atoms with Crippen molar-refractivity contribution in [3.05, 3.63) is 35.4 Å². The average molecular weight is 260 g/mol. The molecule has 0 saturated carbocycles. The molecule has 1 N–H and O–H groups in total. The number of hydrogen-bond acceptors (Lipinski definition) is 2. The molecule has 0 spiro atoms. The Hall–Kier alpha value is -0.860. The summed E-state index contributed by atoms with van der Waals surface area (Å²) in [5.74, 6) is 0. The second-order valence-electron chi connectivity index (χ2n) is 5.62. The minimum absolute atomic E-state index is 1.17. The summed E-state index contributed by atoms with van der Waals surface area (Å²) in [4.78, 5) is 2.58. The van der Waals surface area contributed by atoms with Gasteiger partial charge < -0.3 is 10.2 Å². The lowest BCUT2D eigenvalue weighted by atomic mass is 10.0. The second-order valence-corrected chi connectivity index (χ2v) is 5.62. The Kier molecular flexibility index (Phi) is 6.38. The minimum Gasteiger partial charge on any atom is -0.314 e. The third-order valence-electron chi connectivity index (χ3n) is 3.96. The van der Waals surface area contributed by atoms with Crippen LogP contribution in [-0.4, -0.2) is 37.6 Å². The Bertz CT molecular complexity index is 339. The third kappa shape index (κ3) is 5.33. The highest BCUT2D eigenvalue weighted by molar-refractivity contribution is 5.22. The topological polar surface area (TPSA) is 15.3 Å². The van der Waals surface area contributed by atoms with Crippen molar-refractivity contribution in [2.75, 3.05) is 32.7 Å². The standard InChI is InChI=1S/C17H28N2/c1-2-5-16-7-9-17(10-8-16)6-3-4-13-19-14-11-18-12-15-19/h7-10,18H,2-6,11-15H2,1H3. The van der Waals surface area contributed by atoms with Gasteiger partial charge in [-0.2, -0.15) is 0 Å². The van der Waals surface area contributed by atoms with Crippen molar-refractivity contribution in [1.82, 2.24) is 10.2 Å². The van der Waals surface area contributed by atoms with Gasteiger partial charge in [-0.05, 0) is 43.4 Å². The third-order valence-corrected chi connectivity index (χ3v) is 3.96. The van der Waals surface area contributed by atoms with Gasteiger partial charge in [-0.1, -0.05) is 37.6 Å². The molecule has 0 bridgehead atoms. The van der Waals surface area contributed by atoms with Crippen LogP contribution in [-0.2, 0) is 12.8 Å². The number of aryl methyl sites for hydroxylation is 2. The molecule has 2 nitrogen and oxygen atoms in total. The number of hydrogen-bond donors (Lipinski definition) is 1. The van der Waals surface area contributed by atoms with E-state index in [4.69, 9.17) is 0 Å². The van der Waals surface area contributed by atoms with Crippen molar-refractivity contribution in [2.24, 2.45) is 0 Å². The molecule has 1 fully saturated rings. The van der Waals surface area contributed by atoms with Crippen molar-refractivity contribution in [3.8, 4) is 0 Å². The summed E-state index contributed by atoms with van der Waals surface area (Å²) in [6.45, 7) is 8.30. The van der Waals surface area contributed by atoms with Gasteiger partial charge in [-0.3, -0.25) is 0 Å². The van der Waals surface area contributed by atoms with Gasteiger partial charge in [0.1, 0.15) is 0 Å². The van der Waals surface area contributed by atoms with Gasteiger partial charge in [0.2, 0.25) is 0 Å². The number of piperazine rings is 1. The lowest BCUT2D eigenvalue weighted by Crippen LogP contribution is -2.43. The number of unbranched alkanes of at least 4 members (excludes halogenated alkanes) is 1. The molecule has 1 heterocycles. The Morgan fingerprint density at radius 3 is 2.21 bits per heavy atom. The Balaban J connectivity index is 1.62. The first-order valence-corrected chi connectivity index (χ1v) is 7.89. The predicted octanol–water partition coefficient (Wildman–Crippen LogP) is 2.87. The first-order chi connectivity index (χ1) is 9.38. The van der Waals surface area contributed by atoms with Crippen molar-refractivity contribution >= 4 is 0 Å². The minimum atomic E-state index is 1.17. The van der Waals surface area contributed by atoms with E-state index in [9.17, 15) is 0 Å². The van der Waals surface area contributed by atoms with Gasteiger partial charge in [-0.15, -0.1) is 0 Å². The van der Waals surface area contributed by atoms with Crippen LogP contribution in [0.3, 0.4) is 0 Å². The molecule has 0 aliphatic carbocycles. The highest BCUT2D eigenvalue weighted by Crippen LogP contribution is 2.10. The molecule has 0 radical (unpaired) electrons. The maximum absolute atomic E-state index is 3.40. The van der Waals surface area contributed by atoms with E-state index in [-0.39, 0.29) is 0 Å². The fraction of sp³-hybridized carbons (Fsp3) is 0.647. The number of rotatable bonds is 7. The van der Waals surface area contributed by atoms with Crippen LogP contribution in [0.15, 0.2) is 24.3 Å². The molecule has 2 rings (SSSR count). The molecule has 1 saturated heterocycles. The van der Waals surface area contributed by atoms with Gasteiger partial charge >= 0.3 is 0 Å². The smallest absolute Gasteiger partial charge is 0.0107 e. The maximum Gasteiger partial charge on any atom is 0.0107 e. The first kappa shape index (κ1) is 14.5. The van der Waals surface area contributed by atoms with Crippen LogP contribution in [0.2, 0.25) is 0 Å². The molecular weight excluding hydrogens is 232 g/mol. The second kappa shape index (κ2) is 8.34. The van der Waals surface area contributed by atoms with Gasteiger partial charge in [-0.25, -0.2) is 0 Å². The van der Waals surface area contributed by atoms with Crippen molar-refractivity contribution in [1.29, 1.82) is 0 Å². The van der Waals surface area contributed by atoms with Crippen LogP contribution < -0.4 is 5.32 Å². The molecule has 106 valence electrons. The van der Waals surface area contributed by atoms with E-state index in [2.05, 4.69) is 41.4 Å². The molecular formula is C17H28N2. The van der Waals surface area contributed by atoms with Crippen LogP contribution >= 0.6 is 0 Å². The van der Waals surface area contributed by atoms with Crippen LogP contribution in [0.4, 0.5) is 0 Å². The van der Waals surface area contributed by atoms with Gasteiger partial charge in [0, 0.05) is 26.2 Å². The molecule has 1 aromatic carbocycles. The SMILES string of the molecule is CCCc1ccc(CCCCN2CCNCC2)cc1. The Labute approximate surface area is 118 Å². The lowest BCUT2D eigenvalue weighted by Gasteiger charge is -2.27. The molecule has 1 aliphatic heterocycles. The zero-order valence-electron chi connectivity index (χ0n) is 12.3. The molecule has 0 amide bonds. The quantitative estimate of drug-likeness (QED) is 0.758. The van der Waals surface area contributed by atoms with Crippen LogP contribution in [0.5, 0.6) is 0 Å². The van der Waals surface area contributed by atoms with Crippen molar-refractivity contribution < 1.29 is 0 Å². The van der Waals surface area contributed by atoms with Crippen LogP contribution in [0.1, 0.15) is 37.3 Å². The zero-order chi connectivity index (χ0) is 13.3. The van der Waals surface area contributed by atoms with Crippen LogP contribution in [0, 0.1) is 0 Å². The van der Waals surface area contributed by atoms with Crippen LogP contribution in [0.25, 0.3) is 0 Å². The summed E-state index contributed by atoms with van der Waals surface area (Å²) >= 11 is 0. The van der Waals surface area contributed by atoms with Gasteiger partial charge in [0.05, 0.1) is 0 Å². The van der Waals surface area contributed by atoms with E-state index in [1.54, 1.807) is 0 Å². The zero-order valence-corrected chi connectivity index (χ0v) is 12.3. The molecule has 0 aromatic heterocycles. The maximum atomic E-state index is 3.40. The number of benzene rings is 1. The van der Waals surface area contributed by atoms with Crippen molar-refractivity contribution in [2.45, 2.75) is 39.0 Å². The molecule has 1 aliphatic rings. The summed E-state index contributed by atoms with van der Waals surface area (Å²) in [5, 5.41) is 3.40. The van der Waals surface area contributed by atoms with E-state index in [0.717, 1.165) is 0 Å². The Morgan fingerprint density at radius 1 is 0.947 bits per heavy atom. The fourth-order valence-electron chi connectivity index (χ4n) is 2.76. The predicted molar refractivity (Wildman–Crippen MR) is 82.7 cm³/mol. The van der Waals surface area contributed by atoms with E-state index >= 15 is 0 Å². The molecule has 0 unspecified atom stereocenters. The highest BCUT2D eigenvalue weighted by atomic mass is 15.2. The normalized spacial score (nSPS) is 16.7. The monoisotopic (exact) mass is 260 g/mol. The number of nitrogens with one attached hydrogen (secondary N) is 1. The molecule has 1 aromatic rings. The van der Waals surface area contributed by atoms with E-state index in [1.165, 1.54) is 76.0 Å². The van der Waals surface area contributed by atoms with Gasteiger partial charge in [0.15, 0.2) is 0 Å². The molecule has 2 heteroatoms. The summed E-state index contributed by atoms with van der Waals surface area (Å²) in [7, 11) is 0. The summed E-state index contributed by atoms with van der Waals surface area (Å²) in [6.07, 6.45) is 6.33. The van der Waals surface area contributed by atoms with Gasteiger partial charge in [0.25, 0.3) is 0 Å². The fourth-order valence-corrected chi connectivity index (χ4v) is 2.76. The molecule has 0 atom stereocenters. The summed E-state index contributed by atoms with van der Waals surface area (Å²) in [6, 6.07) is 9.23. The van der Waals surface area contributed by atoms with E-state index in [0.29, 0.717) is 0 Å². The number of nitrogens with zero attached hydrogens (tertiary/aromatic N) is 1. The average Bonchev–Trinajstić information content (AvgIpc) is 2.47. The summed E-state index contributed by atoms with van der Waals surface area (Å²) in [5.41, 5.74) is 2.98. The van der Waals surface area contributed by atoms with E-state index < -0.39 is 0 Å².